The molecule has 1 heterocycles. The van der Waals surface area contributed by atoms with Crippen molar-refractivity contribution >= 4 is 11.6 Å². The van der Waals surface area contributed by atoms with Gasteiger partial charge in [0.15, 0.2) is 0 Å². The van der Waals surface area contributed by atoms with Crippen LogP contribution < -0.4 is 10.1 Å². The molecule has 0 fully saturated rings. The fourth-order valence-electron chi connectivity index (χ4n) is 4.23. The van der Waals surface area contributed by atoms with E-state index in [0.717, 1.165) is 18.2 Å². The first-order chi connectivity index (χ1) is 18.3. The van der Waals surface area contributed by atoms with Crippen molar-refractivity contribution in [2.24, 2.45) is 0 Å². The van der Waals surface area contributed by atoms with E-state index < -0.39 is 41.8 Å². The highest BCUT2D eigenvalue weighted by Crippen LogP contribution is 2.36. The van der Waals surface area contributed by atoms with Crippen LogP contribution in [0.15, 0.2) is 72.8 Å². The van der Waals surface area contributed by atoms with Gasteiger partial charge >= 0.3 is 12.4 Å². The third-order valence-corrected chi connectivity index (χ3v) is 5.99. The Morgan fingerprint density at radius 3 is 2.23 bits per heavy atom. The SMILES string of the molecule is Cc1cc(C(=O)Nc2cccc(OCc3ccc(F)cc3C(F)(F)F)c2)c(C)n1-c1ccccc1C(F)(F)F. The number of benzene rings is 3. The summed E-state index contributed by atoms with van der Waals surface area (Å²) < 4.78 is 101. The lowest BCUT2D eigenvalue weighted by Gasteiger charge is -2.17. The van der Waals surface area contributed by atoms with Crippen molar-refractivity contribution in [1.29, 1.82) is 0 Å². The molecule has 11 heteroatoms. The molecule has 4 nitrogen and oxygen atoms in total. The average Bonchev–Trinajstić information content (AvgIpc) is 3.16. The largest absolute Gasteiger partial charge is 0.489 e. The number of aryl methyl sites for hydroxylation is 1. The van der Waals surface area contributed by atoms with Crippen molar-refractivity contribution in [3.05, 3.63) is 112 Å². The lowest BCUT2D eigenvalue weighted by molar-refractivity contribution is -0.139. The van der Waals surface area contributed by atoms with Gasteiger partial charge in [-0.15, -0.1) is 0 Å². The Balaban J connectivity index is 1.54. The number of nitrogens with zero attached hydrogens (tertiary/aromatic N) is 1. The van der Waals surface area contributed by atoms with Crippen LogP contribution in [0, 0.1) is 19.7 Å². The van der Waals surface area contributed by atoms with Gasteiger partial charge in [-0.05, 0) is 56.3 Å². The van der Waals surface area contributed by atoms with Gasteiger partial charge in [-0.2, -0.15) is 26.3 Å². The monoisotopic (exact) mass is 550 g/mol. The number of hydrogen-bond donors (Lipinski definition) is 1. The first kappa shape index (κ1) is 27.7. The van der Waals surface area contributed by atoms with Gasteiger partial charge in [0.2, 0.25) is 0 Å². The summed E-state index contributed by atoms with van der Waals surface area (Å²) in [7, 11) is 0. The van der Waals surface area contributed by atoms with Gasteiger partial charge in [0, 0.05) is 28.7 Å². The van der Waals surface area contributed by atoms with Crippen molar-refractivity contribution < 1.29 is 40.3 Å². The van der Waals surface area contributed by atoms with Crippen LogP contribution in [0.3, 0.4) is 0 Å². The van der Waals surface area contributed by atoms with Gasteiger partial charge in [-0.25, -0.2) is 4.39 Å². The Bertz CT molecular complexity index is 1520. The van der Waals surface area contributed by atoms with Crippen molar-refractivity contribution in [3.63, 3.8) is 0 Å². The third-order valence-electron chi connectivity index (χ3n) is 5.99. The molecule has 0 aliphatic carbocycles. The number of aromatic nitrogens is 1. The lowest BCUT2D eigenvalue weighted by atomic mass is 10.1. The normalized spacial score (nSPS) is 11.9. The number of carbonyl (C=O) groups excluding carboxylic acids is 1. The molecule has 204 valence electrons. The minimum absolute atomic E-state index is 0.117. The van der Waals surface area contributed by atoms with Crippen molar-refractivity contribution in [2.75, 3.05) is 5.32 Å². The van der Waals surface area contributed by atoms with Crippen molar-refractivity contribution in [3.8, 4) is 11.4 Å². The molecule has 1 N–H and O–H groups in total. The first-order valence-corrected chi connectivity index (χ1v) is 11.5. The third kappa shape index (κ3) is 6.08. The van der Waals surface area contributed by atoms with Crippen LogP contribution in [-0.2, 0) is 19.0 Å². The van der Waals surface area contributed by atoms with E-state index in [1.54, 1.807) is 6.92 Å². The zero-order chi connectivity index (χ0) is 28.5. The second kappa shape index (κ2) is 10.5. The molecule has 0 spiro atoms. The zero-order valence-corrected chi connectivity index (χ0v) is 20.5. The maximum absolute atomic E-state index is 13.6. The minimum atomic E-state index is -4.77. The Kier molecular flexibility index (Phi) is 7.45. The predicted octanol–water partition coefficient (Wildman–Crippen LogP) is 8.10. The van der Waals surface area contributed by atoms with E-state index in [1.807, 2.05) is 0 Å². The summed E-state index contributed by atoms with van der Waals surface area (Å²) in [6, 6.07) is 14.6. The zero-order valence-electron chi connectivity index (χ0n) is 20.5. The van der Waals surface area contributed by atoms with E-state index in [2.05, 4.69) is 5.32 Å². The van der Waals surface area contributed by atoms with Gasteiger partial charge in [0.25, 0.3) is 5.91 Å². The molecule has 0 saturated heterocycles. The number of alkyl halides is 6. The predicted molar refractivity (Wildman–Crippen MR) is 130 cm³/mol. The molecular weight excluding hydrogens is 529 g/mol. The molecule has 39 heavy (non-hydrogen) atoms. The number of hydrogen-bond acceptors (Lipinski definition) is 2. The maximum Gasteiger partial charge on any atom is 0.418 e. The van der Waals surface area contributed by atoms with Crippen molar-refractivity contribution in [2.45, 2.75) is 32.8 Å². The van der Waals surface area contributed by atoms with Crippen LogP contribution in [0.25, 0.3) is 5.69 Å². The van der Waals surface area contributed by atoms with E-state index in [0.29, 0.717) is 11.8 Å². The Morgan fingerprint density at radius 2 is 1.54 bits per heavy atom. The van der Waals surface area contributed by atoms with Gasteiger partial charge < -0.3 is 14.6 Å². The molecule has 0 saturated carbocycles. The Labute approximate surface area is 218 Å². The Morgan fingerprint density at radius 1 is 0.846 bits per heavy atom. The molecule has 0 aliphatic rings. The fourth-order valence-corrected chi connectivity index (χ4v) is 4.23. The molecule has 4 rings (SSSR count). The summed E-state index contributed by atoms with van der Waals surface area (Å²) >= 11 is 0. The molecule has 0 bridgehead atoms. The number of amides is 1. The second-order valence-electron chi connectivity index (χ2n) is 8.70. The maximum atomic E-state index is 13.6. The molecule has 0 atom stereocenters. The van der Waals surface area contributed by atoms with Crippen molar-refractivity contribution in [1.82, 2.24) is 4.57 Å². The van der Waals surface area contributed by atoms with Gasteiger partial charge in [-0.1, -0.05) is 24.3 Å². The smallest absolute Gasteiger partial charge is 0.418 e. The highest BCUT2D eigenvalue weighted by Gasteiger charge is 2.35. The van der Waals surface area contributed by atoms with Gasteiger partial charge in [-0.3, -0.25) is 4.79 Å². The molecule has 4 aromatic rings. The molecule has 0 aliphatic heterocycles. The number of ether oxygens (including phenoxy) is 1. The quantitative estimate of drug-likeness (QED) is 0.247. The molecule has 1 amide bonds. The summed E-state index contributed by atoms with van der Waals surface area (Å²) in [6.07, 6.45) is -9.37. The topological polar surface area (TPSA) is 43.3 Å². The molecule has 3 aromatic carbocycles. The van der Waals surface area contributed by atoms with E-state index >= 15 is 0 Å². The number of nitrogens with one attached hydrogen (secondary N) is 1. The number of carbonyl (C=O) groups is 1. The first-order valence-electron chi connectivity index (χ1n) is 11.5. The lowest BCUT2D eigenvalue weighted by Crippen LogP contribution is -2.15. The summed E-state index contributed by atoms with van der Waals surface area (Å²) in [5, 5.41) is 2.63. The van der Waals surface area contributed by atoms with Crippen LogP contribution in [0.2, 0.25) is 0 Å². The average molecular weight is 550 g/mol. The van der Waals surface area contributed by atoms with E-state index in [-0.39, 0.29) is 33.9 Å². The highest BCUT2D eigenvalue weighted by molar-refractivity contribution is 6.05. The summed E-state index contributed by atoms with van der Waals surface area (Å²) in [5.74, 6) is -1.50. The van der Waals surface area contributed by atoms with Crippen LogP contribution in [-0.4, -0.2) is 10.5 Å². The second-order valence-corrected chi connectivity index (χ2v) is 8.70. The van der Waals surface area contributed by atoms with Gasteiger partial charge in [0.1, 0.15) is 18.2 Å². The van der Waals surface area contributed by atoms with Crippen LogP contribution >= 0.6 is 0 Å². The molecule has 0 unspecified atom stereocenters. The van der Waals surface area contributed by atoms with E-state index in [1.165, 1.54) is 60.0 Å². The van der Waals surface area contributed by atoms with Gasteiger partial charge in [0.05, 0.1) is 22.4 Å². The minimum Gasteiger partial charge on any atom is -0.489 e. The number of halogens is 7. The van der Waals surface area contributed by atoms with Crippen LogP contribution in [0.4, 0.5) is 36.4 Å². The standard InChI is InChI=1S/C28H21F7N2O2/c1-16-12-22(17(2)37(16)25-9-4-3-8-23(25)27(30,31)32)26(38)36-20-6-5-7-21(14-20)39-15-18-10-11-19(29)13-24(18)28(33,34)35/h3-14H,15H2,1-2H3,(H,36,38). The number of para-hydroxylation sites is 1. The number of rotatable bonds is 6. The summed E-state index contributed by atoms with van der Waals surface area (Å²) in [5.41, 5.74) is -1.33. The van der Waals surface area contributed by atoms with Crippen LogP contribution in [0.5, 0.6) is 5.75 Å². The van der Waals surface area contributed by atoms with E-state index in [9.17, 15) is 35.5 Å². The Hall–Kier alpha value is -4.28. The summed E-state index contributed by atoms with van der Waals surface area (Å²) in [4.78, 5) is 13.0. The number of anilines is 1. The fraction of sp³-hybridized carbons (Fsp3) is 0.179. The summed E-state index contributed by atoms with van der Waals surface area (Å²) in [6.45, 7) is 2.60. The molecule has 0 radical (unpaired) electrons. The molecule has 1 aromatic heterocycles. The van der Waals surface area contributed by atoms with Crippen LogP contribution in [0.1, 0.15) is 38.4 Å². The highest BCUT2D eigenvalue weighted by atomic mass is 19.4. The van der Waals surface area contributed by atoms with E-state index in [4.69, 9.17) is 4.74 Å². The molecular formula is C28H21F7N2O2.